The van der Waals surface area contributed by atoms with E-state index < -0.39 is 12.2 Å². The molecule has 3 heterocycles. The second-order valence-corrected chi connectivity index (χ2v) is 7.28. The van der Waals surface area contributed by atoms with Crippen molar-refractivity contribution < 1.29 is 13.2 Å². The van der Waals surface area contributed by atoms with Gasteiger partial charge in [0.2, 0.25) is 0 Å². The zero-order chi connectivity index (χ0) is 21.7. The highest BCUT2D eigenvalue weighted by Crippen LogP contribution is 2.25. The number of guanidine groups is 1. The molecular weight excluding hydrogens is 395 g/mol. The van der Waals surface area contributed by atoms with Crippen molar-refractivity contribution in [2.75, 3.05) is 32.7 Å². The van der Waals surface area contributed by atoms with Gasteiger partial charge in [-0.15, -0.1) is 0 Å². The Bertz CT molecular complexity index is 837. The van der Waals surface area contributed by atoms with E-state index in [1.165, 1.54) is 11.8 Å². The number of piperazine rings is 1. The Morgan fingerprint density at radius 3 is 2.47 bits per heavy atom. The van der Waals surface area contributed by atoms with Crippen LogP contribution in [0.3, 0.4) is 0 Å². The van der Waals surface area contributed by atoms with Gasteiger partial charge in [0, 0.05) is 51.3 Å². The normalized spacial score (nSPS) is 17.3. The molecule has 1 aliphatic rings. The van der Waals surface area contributed by atoms with Gasteiger partial charge < -0.3 is 10.2 Å². The third kappa shape index (κ3) is 5.29. The molecule has 3 rings (SSSR count). The van der Waals surface area contributed by atoms with Gasteiger partial charge in [0.05, 0.1) is 6.54 Å². The molecule has 2 aromatic rings. The topological polar surface area (TPSA) is 61.6 Å². The van der Waals surface area contributed by atoms with E-state index in [-0.39, 0.29) is 0 Å². The molecule has 164 valence electrons. The van der Waals surface area contributed by atoms with Gasteiger partial charge in [0.25, 0.3) is 0 Å². The fourth-order valence-electron chi connectivity index (χ4n) is 3.39. The number of nitrogens with one attached hydrogen (secondary N) is 1. The van der Waals surface area contributed by atoms with Crippen LogP contribution in [0.1, 0.15) is 25.2 Å². The van der Waals surface area contributed by atoms with Crippen LogP contribution in [0.5, 0.6) is 0 Å². The van der Waals surface area contributed by atoms with Gasteiger partial charge in [-0.05, 0) is 32.4 Å². The zero-order valence-electron chi connectivity index (χ0n) is 17.5. The van der Waals surface area contributed by atoms with Crippen molar-refractivity contribution in [1.82, 2.24) is 29.7 Å². The average Bonchev–Trinajstić information content (AvgIpc) is 3.16. The molecule has 1 fully saturated rings. The van der Waals surface area contributed by atoms with Crippen LogP contribution in [-0.4, -0.2) is 75.2 Å². The summed E-state index contributed by atoms with van der Waals surface area (Å²) >= 11 is 0. The van der Waals surface area contributed by atoms with E-state index in [1.807, 2.05) is 41.6 Å². The maximum atomic E-state index is 13.0. The number of imidazole rings is 1. The van der Waals surface area contributed by atoms with Crippen LogP contribution in [0.15, 0.2) is 35.7 Å². The van der Waals surface area contributed by atoms with Crippen molar-refractivity contribution in [2.45, 2.75) is 39.5 Å². The quantitative estimate of drug-likeness (QED) is 0.592. The number of halogens is 3. The molecule has 7 nitrogen and oxygen atoms in total. The minimum Gasteiger partial charge on any atom is -0.357 e. The van der Waals surface area contributed by atoms with Crippen LogP contribution in [0.2, 0.25) is 0 Å². The maximum Gasteiger partial charge on any atom is 0.403 e. The first-order valence-corrected chi connectivity index (χ1v) is 10.1. The molecule has 1 aliphatic heterocycles. The first-order valence-electron chi connectivity index (χ1n) is 10.1. The summed E-state index contributed by atoms with van der Waals surface area (Å²) in [6, 6.07) is 2.46. The number of rotatable bonds is 5. The number of pyridine rings is 1. The van der Waals surface area contributed by atoms with Crippen LogP contribution >= 0.6 is 0 Å². The van der Waals surface area contributed by atoms with Gasteiger partial charge in [-0.2, -0.15) is 13.2 Å². The molecule has 1 saturated heterocycles. The number of nitrogens with zero attached hydrogens (tertiary/aromatic N) is 6. The molecule has 0 saturated carbocycles. The number of aromatic nitrogens is 3. The lowest BCUT2D eigenvalue weighted by Gasteiger charge is -2.39. The van der Waals surface area contributed by atoms with Crippen LogP contribution in [0, 0.1) is 6.92 Å². The van der Waals surface area contributed by atoms with Crippen molar-refractivity contribution >= 4 is 5.96 Å². The molecule has 0 amide bonds. The second kappa shape index (κ2) is 9.46. The van der Waals surface area contributed by atoms with Gasteiger partial charge in [-0.25, -0.2) is 15.0 Å². The molecule has 1 N–H and O–H groups in total. The first kappa shape index (κ1) is 22.1. The number of aryl methyl sites for hydroxylation is 1. The van der Waals surface area contributed by atoms with Gasteiger partial charge in [-0.3, -0.25) is 9.47 Å². The van der Waals surface area contributed by atoms with Crippen molar-refractivity contribution in [3.8, 4) is 5.82 Å². The smallest absolute Gasteiger partial charge is 0.357 e. The predicted octanol–water partition coefficient (Wildman–Crippen LogP) is 2.61. The van der Waals surface area contributed by atoms with E-state index >= 15 is 0 Å². The lowest BCUT2D eigenvalue weighted by Crippen LogP contribution is -2.56. The monoisotopic (exact) mass is 423 g/mol. The molecule has 0 bridgehead atoms. The number of aliphatic imine (C=N–C) groups is 1. The molecule has 0 radical (unpaired) electrons. The van der Waals surface area contributed by atoms with E-state index in [0.717, 1.165) is 17.2 Å². The van der Waals surface area contributed by atoms with Crippen molar-refractivity contribution in [3.05, 3.63) is 42.1 Å². The highest BCUT2D eigenvalue weighted by molar-refractivity contribution is 5.80. The van der Waals surface area contributed by atoms with E-state index in [9.17, 15) is 13.2 Å². The third-order valence-corrected chi connectivity index (χ3v) is 5.26. The van der Waals surface area contributed by atoms with Gasteiger partial charge in [-0.1, -0.05) is 6.07 Å². The summed E-state index contributed by atoms with van der Waals surface area (Å²) in [5, 5.41) is 3.24. The molecule has 1 unspecified atom stereocenters. The van der Waals surface area contributed by atoms with Crippen molar-refractivity contribution in [2.24, 2.45) is 4.99 Å². The Balaban J connectivity index is 1.62. The molecular formula is C20H28F3N7. The summed E-state index contributed by atoms with van der Waals surface area (Å²) in [6.45, 7) is 7.95. The van der Waals surface area contributed by atoms with Crippen molar-refractivity contribution in [1.29, 1.82) is 0 Å². The molecule has 1 atom stereocenters. The molecule has 10 heteroatoms. The summed E-state index contributed by atoms with van der Waals surface area (Å²) in [5.74, 6) is 2.37. The first-order chi connectivity index (χ1) is 14.3. The molecule has 0 aromatic carbocycles. The molecule has 0 aliphatic carbocycles. The zero-order valence-corrected chi connectivity index (χ0v) is 17.5. The Kier molecular flexibility index (Phi) is 6.96. The third-order valence-electron chi connectivity index (χ3n) is 5.26. The maximum absolute atomic E-state index is 13.0. The summed E-state index contributed by atoms with van der Waals surface area (Å²) in [6.07, 6.45) is 1.17. The molecule has 0 spiro atoms. The number of hydrogen-bond acceptors (Lipinski definition) is 4. The van der Waals surface area contributed by atoms with Gasteiger partial charge in [0.1, 0.15) is 17.7 Å². The van der Waals surface area contributed by atoms with E-state index in [0.29, 0.717) is 45.2 Å². The fourth-order valence-corrected chi connectivity index (χ4v) is 3.39. The van der Waals surface area contributed by atoms with Crippen LogP contribution < -0.4 is 5.32 Å². The van der Waals surface area contributed by atoms with Crippen LogP contribution in [0.4, 0.5) is 13.2 Å². The number of hydrogen-bond donors (Lipinski definition) is 1. The average molecular weight is 423 g/mol. The van der Waals surface area contributed by atoms with E-state index in [2.05, 4.69) is 20.3 Å². The van der Waals surface area contributed by atoms with E-state index in [4.69, 9.17) is 0 Å². The highest BCUT2D eigenvalue weighted by atomic mass is 19.4. The lowest BCUT2D eigenvalue weighted by atomic mass is 10.2. The summed E-state index contributed by atoms with van der Waals surface area (Å²) in [4.78, 5) is 16.8. The number of alkyl halides is 3. The lowest BCUT2D eigenvalue weighted by molar-refractivity contribution is -0.181. The Morgan fingerprint density at radius 2 is 1.93 bits per heavy atom. The van der Waals surface area contributed by atoms with Crippen LogP contribution in [-0.2, 0) is 6.54 Å². The Hall–Kier alpha value is -2.62. The Morgan fingerprint density at radius 1 is 1.20 bits per heavy atom. The fraction of sp³-hybridized carbons (Fsp3) is 0.550. The standard InChI is InChI=1S/C20H28F3N7/c1-4-24-19(29-11-9-28(10-12-29)15(2)20(21,22)23)27-14-17-5-6-18(26-13-17)30-8-7-25-16(30)3/h5-8,13,15H,4,9-12,14H2,1-3H3,(H,24,27). The van der Waals surface area contributed by atoms with Gasteiger partial charge >= 0.3 is 6.18 Å². The summed E-state index contributed by atoms with van der Waals surface area (Å²) in [5.41, 5.74) is 0.955. The van der Waals surface area contributed by atoms with E-state index in [1.54, 1.807) is 12.4 Å². The summed E-state index contributed by atoms with van der Waals surface area (Å²) < 4.78 is 40.8. The second-order valence-electron chi connectivity index (χ2n) is 7.28. The minimum absolute atomic E-state index is 0.353. The predicted molar refractivity (Wildman–Crippen MR) is 110 cm³/mol. The largest absolute Gasteiger partial charge is 0.403 e. The molecule has 30 heavy (non-hydrogen) atoms. The Labute approximate surface area is 174 Å². The molecule has 2 aromatic heterocycles. The van der Waals surface area contributed by atoms with Crippen LogP contribution in [0.25, 0.3) is 5.82 Å². The minimum atomic E-state index is -4.20. The summed E-state index contributed by atoms with van der Waals surface area (Å²) in [7, 11) is 0. The SMILES string of the molecule is CCNC(=NCc1ccc(-n2ccnc2C)nc1)N1CCN(C(C)C(F)(F)F)CC1. The van der Waals surface area contributed by atoms with Crippen molar-refractivity contribution in [3.63, 3.8) is 0 Å². The highest BCUT2D eigenvalue weighted by Gasteiger charge is 2.41. The van der Waals surface area contributed by atoms with Gasteiger partial charge in [0.15, 0.2) is 5.96 Å².